The zero-order valence-corrected chi connectivity index (χ0v) is 14.4. The third kappa shape index (κ3) is 5.86. The van der Waals surface area contributed by atoms with Crippen molar-refractivity contribution < 1.29 is 14.7 Å². The van der Waals surface area contributed by atoms with Crippen LogP contribution in [-0.4, -0.2) is 17.0 Å². The first-order valence-electron chi connectivity index (χ1n) is 6.93. The Morgan fingerprint density at radius 2 is 1.87 bits per heavy atom. The first-order chi connectivity index (χ1) is 10.9. The van der Waals surface area contributed by atoms with E-state index in [2.05, 4.69) is 5.32 Å². The fraction of sp³-hybridized carbons (Fsp3) is 0.250. The smallest absolute Gasteiger partial charge is 0.305 e. The summed E-state index contributed by atoms with van der Waals surface area (Å²) in [6.07, 6.45) is 0.669. The van der Waals surface area contributed by atoms with Gasteiger partial charge in [0.25, 0.3) is 0 Å². The van der Waals surface area contributed by atoms with Gasteiger partial charge in [-0.1, -0.05) is 35.3 Å². The van der Waals surface area contributed by atoms with E-state index in [1.165, 1.54) is 11.3 Å². The maximum absolute atomic E-state index is 12.1. The molecular formula is C16H15Cl2NO3S. The average molecular weight is 372 g/mol. The van der Waals surface area contributed by atoms with Gasteiger partial charge in [-0.05, 0) is 30.2 Å². The van der Waals surface area contributed by atoms with E-state index in [1.54, 1.807) is 24.3 Å². The topological polar surface area (TPSA) is 66.4 Å². The van der Waals surface area contributed by atoms with Crippen LogP contribution in [0.5, 0.6) is 0 Å². The number of aliphatic carboxylic acids is 1. The van der Waals surface area contributed by atoms with Crippen LogP contribution < -0.4 is 5.32 Å². The molecule has 1 aromatic heterocycles. The maximum Gasteiger partial charge on any atom is 0.305 e. The summed E-state index contributed by atoms with van der Waals surface area (Å²) in [5, 5.41) is 14.8. The molecule has 0 aliphatic rings. The predicted octanol–water partition coefficient (Wildman–Crippen LogP) is 4.32. The number of benzene rings is 1. The molecule has 0 unspecified atom stereocenters. The molecule has 0 saturated heterocycles. The van der Waals surface area contributed by atoms with Gasteiger partial charge in [0.05, 0.1) is 17.5 Å². The molecule has 0 spiro atoms. The molecule has 1 atom stereocenters. The number of carboxylic acids is 1. The van der Waals surface area contributed by atoms with Crippen molar-refractivity contribution in [2.75, 3.05) is 0 Å². The number of carboxylic acid groups (broad SMARTS) is 1. The minimum Gasteiger partial charge on any atom is -0.481 e. The standard InChI is InChI=1S/C16H15Cl2NO3S/c17-11-3-1-10(2-4-11)14(8-16(21)22)19-15(20)6-5-13-7-12(18)9-23-13/h1-4,7,9,14H,5-6,8H2,(H,19,20)(H,21,22)/t14-/m0/s1. The lowest BCUT2D eigenvalue weighted by atomic mass is 10.0. The number of aryl methyl sites for hydroxylation is 1. The largest absolute Gasteiger partial charge is 0.481 e. The van der Waals surface area contributed by atoms with Crippen LogP contribution >= 0.6 is 34.5 Å². The lowest BCUT2D eigenvalue weighted by Crippen LogP contribution is -2.30. The van der Waals surface area contributed by atoms with E-state index in [1.807, 2.05) is 11.4 Å². The van der Waals surface area contributed by atoms with Crippen LogP contribution in [-0.2, 0) is 16.0 Å². The highest BCUT2D eigenvalue weighted by molar-refractivity contribution is 7.10. The molecule has 1 heterocycles. The van der Waals surface area contributed by atoms with Gasteiger partial charge in [0.1, 0.15) is 0 Å². The number of amides is 1. The second kappa shape index (κ2) is 8.34. The number of nitrogens with one attached hydrogen (secondary N) is 1. The molecule has 0 aliphatic heterocycles. The zero-order valence-electron chi connectivity index (χ0n) is 12.1. The highest BCUT2D eigenvalue weighted by Crippen LogP contribution is 2.22. The summed E-state index contributed by atoms with van der Waals surface area (Å²) >= 11 is 13.2. The van der Waals surface area contributed by atoms with Gasteiger partial charge in [0, 0.05) is 21.7 Å². The number of carbonyl (C=O) groups is 2. The SMILES string of the molecule is O=C(O)C[C@H](NC(=O)CCc1cc(Cl)cs1)c1ccc(Cl)cc1. The van der Waals surface area contributed by atoms with Crippen LogP contribution in [0.4, 0.5) is 0 Å². The minimum atomic E-state index is -0.977. The van der Waals surface area contributed by atoms with Gasteiger partial charge < -0.3 is 10.4 Å². The van der Waals surface area contributed by atoms with Crippen molar-refractivity contribution in [3.63, 3.8) is 0 Å². The first kappa shape index (κ1) is 17.8. The van der Waals surface area contributed by atoms with Crippen LogP contribution in [0.2, 0.25) is 10.0 Å². The monoisotopic (exact) mass is 371 g/mol. The summed E-state index contributed by atoms with van der Waals surface area (Å²) in [5.41, 5.74) is 0.712. The van der Waals surface area contributed by atoms with Crippen LogP contribution in [0.3, 0.4) is 0 Å². The van der Waals surface area contributed by atoms with Crippen molar-refractivity contribution in [1.82, 2.24) is 5.32 Å². The second-order valence-corrected chi connectivity index (χ2v) is 6.87. The van der Waals surface area contributed by atoms with Crippen molar-refractivity contribution in [2.24, 2.45) is 0 Å². The molecule has 122 valence electrons. The van der Waals surface area contributed by atoms with Gasteiger partial charge in [-0.15, -0.1) is 11.3 Å². The molecule has 0 aliphatic carbocycles. The Balaban J connectivity index is 1.97. The average Bonchev–Trinajstić information content (AvgIpc) is 2.90. The van der Waals surface area contributed by atoms with Gasteiger partial charge in [0.15, 0.2) is 0 Å². The quantitative estimate of drug-likeness (QED) is 0.761. The van der Waals surface area contributed by atoms with Crippen LogP contribution in [0, 0.1) is 0 Å². The fourth-order valence-corrected chi connectivity index (χ4v) is 3.31. The summed E-state index contributed by atoms with van der Waals surface area (Å²) in [4.78, 5) is 24.1. The molecule has 0 bridgehead atoms. The Kier molecular flexibility index (Phi) is 6.45. The molecule has 0 fully saturated rings. The number of halogens is 2. The highest BCUT2D eigenvalue weighted by atomic mass is 35.5. The van der Waals surface area contributed by atoms with E-state index in [0.717, 1.165) is 4.88 Å². The summed E-state index contributed by atoms with van der Waals surface area (Å²) in [5.74, 6) is -1.17. The molecule has 2 rings (SSSR count). The Morgan fingerprint density at radius 3 is 2.43 bits per heavy atom. The number of carbonyl (C=O) groups excluding carboxylic acids is 1. The Bertz CT molecular complexity index is 685. The normalized spacial score (nSPS) is 11.9. The van der Waals surface area contributed by atoms with Crippen LogP contribution in [0.15, 0.2) is 35.7 Å². The number of thiophene rings is 1. The fourth-order valence-electron chi connectivity index (χ4n) is 2.11. The number of rotatable bonds is 7. The van der Waals surface area contributed by atoms with E-state index < -0.39 is 12.0 Å². The molecule has 1 amide bonds. The van der Waals surface area contributed by atoms with Gasteiger partial charge in [0.2, 0.25) is 5.91 Å². The van der Waals surface area contributed by atoms with Crippen molar-refractivity contribution >= 4 is 46.4 Å². The van der Waals surface area contributed by atoms with Crippen molar-refractivity contribution in [2.45, 2.75) is 25.3 Å². The van der Waals surface area contributed by atoms with E-state index in [9.17, 15) is 9.59 Å². The molecule has 7 heteroatoms. The molecule has 2 N–H and O–H groups in total. The molecule has 4 nitrogen and oxygen atoms in total. The number of hydrogen-bond acceptors (Lipinski definition) is 3. The maximum atomic E-state index is 12.1. The van der Waals surface area contributed by atoms with Gasteiger partial charge in [-0.2, -0.15) is 0 Å². The molecule has 23 heavy (non-hydrogen) atoms. The summed E-state index contributed by atoms with van der Waals surface area (Å²) < 4.78 is 0. The van der Waals surface area contributed by atoms with Crippen LogP contribution in [0.25, 0.3) is 0 Å². The highest BCUT2D eigenvalue weighted by Gasteiger charge is 2.18. The Morgan fingerprint density at radius 1 is 1.17 bits per heavy atom. The van der Waals surface area contributed by atoms with Gasteiger partial charge in [-0.3, -0.25) is 9.59 Å². The molecule has 0 saturated carbocycles. The van der Waals surface area contributed by atoms with E-state index in [4.69, 9.17) is 28.3 Å². The van der Waals surface area contributed by atoms with Gasteiger partial charge >= 0.3 is 5.97 Å². The summed E-state index contributed by atoms with van der Waals surface area (Å²) in [7, 11) is 0. The van der Waals surface area contributed by atoms with E-state index in [0.29, 0.717) is 22.0 Å². The second-order valence-electron chi connectivity index (χ2n) is 5.00. The predicted molar refractivity (Wildman–Crippen MR) is 92.2 cm³/mol. The van der Waals surface area contributed by atoms with Crippen molar-refractivity contribution in [1.29, 1.82) is 0 Å². The lowest BCUT2D eigenvalue weighted by molar-refractivity contribution is -0.137. The third-order valence-electron chi connectivity index (χ3n) is 3.21. The number of hydrogen-bond donors (Lipinski definition) is 2. The molecule has 0 radical (unpaired) electrons. The van der Waals surface area contributed by atoms with E-state index >= 15 is 0 Å². The summed E-state index contributed by atoms with van der Waals surface area (Å²) in [6.45, 7) is 0. The molecule has 1 aromatic carbocycles. The third-order valence-corrected chi connectivity index (χ3v) is 4.80. The molecule has 2 aromatic rings. The van der Waals surface area contributed by atoms with Gasteiger partial charge in [-0.25, -0.2) is 0 Å². The van der Waals surface area contributed by atoms with Crippen molar-refractivity contribution in [3.05, 3.63) is 56.2 Å². The lowest BCUT2D eigenvalue weighted by Gasteiger charge is -2.17. The Hall–Kier alpha value is -1.56. The minimum absolute atomic E-state index is 0.182. The first-order valence-corrected chi connectivity index (χ1v) is 8.57. The zero-order chi connectivity index (χ0) is 16.8. The summed E-state index contributed by atoms with van der Waals surface area (Å²) in [6, 6.07) is 8.03. The van der Waals surface area contributed by atoms with Crippen molar-refractivity contribution in [3.8, 4) is 0 Å². The molecular weight excluding hydrogens is 357 g/mol. The van der Waals surface area contributed by atoms with E-state index in [-0.39, 0.29) is 18.7 Å². The Labute approximate surface area is 148 Å². The van der Waals surface area contributed by atoms with Crippen LogP contribution in [0.1, 0.15) is 29.3 Å².